The Morgan fingerprint density at radius 2 is 1.95 bits per heavy atom. The first-order chi connectivity index (χ1) is 9.36. The number of alkyl halides is 3. The van der Waals surface area contributed by atoms with E-state index in [4.69, 9.17) is 9.84 Å². The highest BCUT2D eigenvalue weighted by Gasteiger charge is 2.39. The predicted octanol–water partition coefficient (Wildman–Crippen LogP) is 2.12. The summed E-state index contributed by atoms with van der Waals surface area (Å²) in [6.07, 6.45) is -7.40. The van der Waals surface area contributed by atoms with Gasteiger partial charge in [0.2, 0.25) is 0 Å². The molecule has 20 heavy (non-hydrogen) atoms. The van der Waals surface area contributed by atoms with Crippen LogP contribution < -0.4 is 0 Å². The van der Waals surface area contributed by atoms with Gasteiger partial charge < -0.3 is 9.84 Å². The Morgan fingerprint density at radius 3 is 2.55 bits per heavy atom. The molecule has 3 nitrogen and oxygen atoms in total. The van der Waals surface area contributed by atoms with E-state index in [2.05, 4.69) is 0 Å². The zero-order valence-corrected chi connectivity index (χ0v) is 10.6. The molecule has 2 rings (SSSR count). The van der Waals surface area contributed by atoms with Crippen molar-refractivity contribution in [3.05, 3.63) is 35.6 Å². The molecule has 1 heterocycles. The van der Waals surface area contributed by atoms with Crippen molar-refractivity contribution in [2.45, 2.75) is 18.4 Å². The molecule has 0 aliphatic carbocycles. The first-order valence-corrected chi connectivity index (χ1v) is 6.20. The topological polar surface area (TPSA) is 32.7 Å². The summed E-state index contributed by atoms with van der Waals surface area (Å²) >= 11 is 0. The number of aliphatic hydroxyl groups is 1. The predicted molar refractivity (Wildman–Crippen MR) is 63.6 cm³/mol. The number of morpholine rings is 1. The standard InChI is InChI=1S/C13H15F4NO2/c14-10-3-1-9(2-4-10)11-7-18(5-6-20-11)8-12(19)13(15,16)17/h1-4,11-12,19H,5-8H2/t11?,12-/m0/s1. The molecule has 1 aliphatic heterocycles. The second-order valence-electron chi connectivity index (χ2n) is 4.73. The number of benzene rings is 1. The van der Waals surface area contributed by atoms with Gasteiger partial charge >= 0.3 is 6.18 Å². The van der Waals surface area contributed by atoms with E-state index in [0.717, 1.165) is 0 Å². The van der Waals surface area contributed by atoms with Crippen LogP contribution in [0.1, 0.15) is 11.7 Å². The molecule has 1 unspecified atom stereocenters. The number of ether oxygens (including phenoxy) is 1. The second-order valence-corrected chi connectivity index (χ2v) is 4.73. The van der Waals surface area contributed by atoms with E-state index in [1.807, 2.05) is 0 Å². The average Bonchev–Trinajstić information content (AvgIpc) is 2.39. The van der Waals surface area contributed by atoms with Crippen molar-refractivity contribution in [1.82, 2.24) is 4.90 Å². The molecule has 0 amide bonds. The lowest BCUT2D eigenvalue weighted by atomic mass is 10.1. The van der Waals surface area contributed by atoms with Crippen LogP contribution in [-0.2, 0) is 4.74 Å². The van der Waals surface area contributed by atoms with E-state index in [0.29, 0.717) is 12.1 Å². The van der Waals surface area contributed by atoms with Crippen molar-refractivity contribution in [3.63, 3.8) is 0 Å². The van der Waals surface area contributed by atoms with Crippen LogP contribution in [-0.4, -0.2) is 48.5 Å². The van der Waals surface area contributed by atoms with Gasteiger partial charge in [0.25, 0.3) is 0 Å². The fourth-order valence-electron chi connectivity index (χ4n) is 2.10. The van der Waals surface area contributed by atoms with Crippen LogP contribution in [0.5, 0.6) is 0 Å². The molecule has 1 aromatic rings. The maximum Gasteiger partial charge on any atom is 0.415 e. The van der Waals surface area contributed by atoms with E-state index in [1.54, 1.807) is 12.1 Å². The Labute approximate surface area is 113 Å². The molecule has 112 valence electrons. The Hall–Kier alpha value is -1.18. The van der Waals surface area contributed by atoms with Crippen molar-refractivity contribution in [2.75, 3.05) is 26.2 Å². The number of aliphatic hydroxyl groups excluding tert-OH is 1. The average molecular weight is 293 g/mol. The van der Waals surface area contributed by atoms with Crippen molar-refractivity contribution in [3.8, 4) is 0 Å². The first kappa shape index (κ1) is 15.2. The van der Waals surface area contributed by atoms with Crippen LogP contribution in [0.4, 0.5) is 17.6 Å². The smallest absolute Gasteiger partial charge is 0.382 e. The highest BCUT2D eigenvalue weighted by molar-refractivity contribution is 5.19. The number of nitrogens with zero attached hydrogens (tertiary/aromatic N) is 1. The van der Waals surface area contributed by atoms with Gasteiger partial charge in [-0.3, -0.25) is 4.90 Å². The van der Waals surface area contributed by atoms with E-state index in [9.17, 15) is 17.6 Å². The minimum absolute atomic E-state index is 0.235. The first-order valence-electron chi connectivity index (χ1n) is 6.20. The summed E-state index contributed by atoms with van der Waals surface area (Å²) in [6.45, 7) is 0.348. The number of hydrogen-bond acceptors (Lipinski definition) is 3. The maximum absolute atomic E-state index is 12.8. The number of β-amino-alcohol motifs (C(OH)–C–C–N with tert-alkyl or cyclic N) is 1. The largest absolute Gasteiger partial charge is 0.415 e. The molecule has 7 heteroatoms. The van der Waals surface area contributed by atoms with Gasteiger partial charge in [0, 0.05) is 19.6 Å². The van der Waals surface area contributed by atoms with Gasteiger partial charge in [-0.25, -0.2) is 4.39 Å². The molecule has 1 saturated heterocycles. The molecule has 0 spiro atoms. The van der Waals surface area contributed by atoms with Crippen molar-refractivity contribution in [1.29, 1.82) is 0 Å². The highest BCUT2D eigenvalue weighted by Crippen LogP contribution is 2.25. The fourth-order valence-corrected chi connectivity index (χ4v) is 2.10. The molecule has 2 atom stereocenters. The number of rotatable bonds is 3. The second kappa shape index (κ2) is 6.07. The third kappa shape index (κ3) is 3.91. The van der Waals surface area contributed by atoms with Crippen LogP contribution in [0.25, 0.3) is 0 Å². The van der Waals surface area contributed by atoms with Crippen LogP contribution >= 0.6 is 0 Å². The van der Waals surface area contributed by atoms with Gasteiger partial charge in [0.1, 0.15) is 5.82 Å². The van der Waals surface area contributed by atoms with Crippen molar-refractivity contribution < 1.29 is 27.4 Å². The summed E-state index contributed by atoms with van der Waals surface area (Å²) in [7, 11) is 0. The Kier molecular flexibility index (Phi) is 4.62. The normalized spacial score (nSPS) is 22.8. The summed E-state index contributed by atoms with van der Waals surface area (Å²) in [5.41, 5.74) is 0.706. The summed E-state index contributed by atoms with van der Waals surface area (Å²) in [6, 6.07) is 5.65. The van der Waals surface area contributed by atoms with E-state index < -0.39 is 24.9 Å². The van der Waals surface area contributed by atoms with Crippen LogP contribution in [0.2, 0.25) is 0 Å². The number of hydrogen-bond donors (Lipinski definition) is 1. The monoisotopic (exact) mass is 293 g/mol. The minimum Gasteiger partial charge on any atom is -0.382 e. The Bertz CT molecular complexity index is 435. The van der Waals surface area contributed by atoms with E-state index >= 15 is 0 Å². The SMILES string of the molecule is O[C@@H](CN1CCOC(c2ccc(F)cc2)C1)C(F)(F)F. The van der Waals surface area contributed by atoms with Gasteiger partial charge in [0.05, 0.1) is 12.7 Å². The van der Waals surface area contributed by atoms with E-state index in [1.165, 1.54) is 17.0 Å². The lowest BCUT2D eigenvalue weighted by Crippen LogP contribution is -2.46. The molecule has 1 N–H and O–H groups in total. The number of halogens is 4. The Morgan fingerprint density at radius 1 is 1.30 bits per heavy atom. The van der Waals surface area contributed by atoms with Crippen molar-refractivity contribution in [2.24, 2.45) is 0 Å². The fraction of sp³-hybridized carbons (Fsp3) is 0.538. The summed E-state index contributed by atoms with van der Waals surface area (Å²) in [4.78, 5) is 1.50. The van der Waals surface area contributed by atoms with Gasteiger partial charge in [-0.15, -0.1) is 0 Å². The van der Waals surface area contributed by atoms with Crippen LogP contribution in [0.3, 0.4) is 0 Å². The summed E-state index contributed by atoms with van der Waals surface area (Å²) in [5.74, 6) is -0.381. The molecular weight excluding hydrogens is 278 g/mol. The Balaban J connectivity index is 1.96. The van der Waals surface area contributed by atoms with Crippen LogP contribution in [0.15, 0.2) is 24.3 Å². The summed E-state index contributed by atoms with van der Waals surface area (Å²) < 4.78 is 55.3. The van der Waals surface area contributed by atoms with Crippen LogP contribution in [0, 0.1) is 5.82 Å². The highest BCUT2D eigenvalue weighted by atomic mass is 19.4. The zero-order chi connectivity index (χ0) is 14.8. The van der Waals surface area contributed by atoms with Gasteiger partial charge in [-0.05, 0) is 17.7 Å². The maximum atomic E-state index is 12.8. The molecule has 1 aliphatic rings. The van der Waals surface area contributed by atoms with Gasteiger partial charge in [0.15, 0.2) is 6.10 Å². The third-order valence-electron chi connectivity index (χ3n) is 3.20. The summed E-state index contributed by atoms with van der Waals surface area (Å²) in [5, 5.41) is 9.07. The molecule has 1 aromatic carbocycles. The van der Waals surface area contributed by atoms with Gasteiger partial charge in [-0.2, -0.15) is 13.2 Å². The van der Waals surface area contributed by atoms with Gasteiger partial charge in [-0.1, -0.05) is 12.1 Å². The lowest BCUT2D eigenvalue weighted by Gasteiger charge is -2.34. The van der Waals surface area contributed by atoms with E-state index in [-0.39, 0.29) is 19.0 Å². The quantitative estimate of drug-likeness (QED) is 0.867. The molecule has 0 aromatic heterocycles. The molecule has 0 saturated carbocycles. The minimum atomic E-state index is -4.62. The molecule has 0 bridgehead atoms. The third-order valence-corrected chi connectivity index (χ3v) is 3.20. The molecule has 1 fully saturated rings. The zero-order valence-electron chi connectivity index (χ0n) is 10.6. The molecule has 0 radical (unpaired) electrons. The lowest BCUT2D eigenvalue weighted by molar-refractivity contribution is -0.211. The molecular formula is C13H15F4NO2. The van der Waals surface area contributed by atoms with Crippen molar-refractivity contribution >= 4 is 0 Å².